The number of benzene rings is 3. The zero-order valence-corrected chi connectivity index (χ0v) is 11.6. The third-order valence-electron chi connectivity index (χ3n) is 3.23. The molecule has 2 nitrogen and oxygen atoms in total. The van der Waals surface area contributed by atoms with Crippen molar-refractivity contribution < 1.29 is 4.74 Å². The van der Waals surface area contributed by atoms with Crippen LogP contribution < -0.4 is 10.5 Å². The van der Waals surface area contributed by atoms with Gasteiger partial charge in [0.2, 0.25) is 0 Å². The van der Waals surface area contributed by atoms with Gasteiger partial charge in [-0.25, -0.2) is 0 Å². The third kappa shape index (κ3) is 2.56. The average Bonchev–Trinajstić information content (AvgIpc) is 2.46. The normalized spacial score (nSPS) is 10.7. The van der Waals surface area contributed by atoms with E-state index in [-0.39, 0.29) is 0 Å². The van der Waals surface area contributed by atoms with E-state index in [1.54, 1.807) is 18.2 Å². The van der Waals surface area contributed by atoms with Gasteiger partial charge in [-0.2, -0.15) is 0 Å². The maximum atomic E-state index is 5.89. The van der Waals surface area contributed by atoms with Crippen molar-refractivity contribution in [3.63, 3.8) is 0 Å². The molecule has 3 rings (SSSR count). The molecule has 3 aromatic carbocycles. The summed E-state index contributed by atoms with van der Waals surface area (Å²) in [5.74, 6) is 0.655. The number of rotatable bonds is 3. The summed E-state index contributed by atoms with van der Waals surface area (Å²) in [6.45, 7) is 0.479. The number of hydrogen-bond donors (Lipinski definition) is 1. The minimum atomic E-state index is 0.479. The zero-order valence-electron chi connectivity index (χ0n) is 10.8. The standard InChI is InChI=1S/C17H14ClNO/c18-14-8-9-17(16(19)10-14)20-11-13-6-3-5-12-4-1-2-7-15(12)13/h1-10H,11,19H2. The van der Waals surface area contributed by atoms with Crippen LogP contribution in [-0.2, 0) is 6.61 Å². The van der Waals surface area contributed by atoms with Crippen molar-refractivity contribution in [2.24, 2.45) is 0 Å². The van der Waals surface area contributed by atoms with Gasteiger partial charge in [-0.3, -0.25) is 0 Å². The Kier molecular flexibility index (Phi) is 3.48. The van der Waals surface area contributed by atoms with E-state index in [0.29, 0.717) is 23.1 Å². The van der Waals surface area contributed by atoms with E-state index < -0.39 is 0 Å². The van der Waals surface area contributed by atoms with E-state index in [0.717, 1.165) is 5.56 Å². The Hall–Kier alpha value is -2.19. The van der Waals surface area contributed by atoms with E-state index in [2.05, 4.69) is 24.3 Å². The summed E-state index contributed by atoms with van der Waals surface area (Å²) in [4.78, 5) is 0. The van der Waals surface area contributed by atoms with Gasteiger partial charge < -0.3 is 10.5 Å². The van der Waals surface area contributed by atoms with E-state index >= 15 is 0 Å². The molecule has 0 saturated heterocycles. The molecule has 0 aliphatic carbocycles. The van der Waals surface area contributed by atoms with Crippen LogP contribution in [-0.4, -0.2) is 0 Å². The maximum absolute atomic E-state index is 5.89. The lowest BCUT2D eigenvalue weighted by atomic mass is 10.1. The molecule has 0 amide bonds. The molecule has 0 spiro atoms. The minimum absolute atomic E-state index is 0.479. The van der Waals surface area contributed by atoms with Gasteiger partial charge in [0.1, 0.15) is 12.4 Å². The second kappa shape index (κ2) is 5.43. The van der Waals surface area contributed by atoms with Crippen LogP contribution in [0.2, 0.25) is 5.02 Å². The summed E-state index contributed by atoms with van der Waals surface area (Å²) in [5.41, 5.74) is 7.58. The molecule has 3 heteroatoms. The van der Waals surface area contributed by atoms with Crippen molar-refractivity contribution in [2.75, 3.05) is 5.73 Å². The summed E-state index contributed by atoms with van der Waals surface area (Å²) in [6.07, 6.45) is 0. The number of anilines is 1. The second-order valence-electron chi connectivity index (χ2n) is 4.61. The predicted octanol–water partition coefficient (Wildman–Crippen LogP) is 4.65. The fourth-order valence-corrected chi connectivity index (χ4v) is 2.41. The maximum Gasteiger partial charge on any atom is 0.142 e. The van der Waals surface area contributed by atoms with Crippen LogP contribution >= 0.6 is 11.6 Å². The van der Waals surface area contributed by atoms with Gasteiger partial charge in [-0.15, -0.1) is 0 Å². The molecule has 100 valence electrons. The molecular weight excluding hydrogens is 270 g/mol. The second-order valence-corrected chi connectivity index (χ2v) is 5.05. The molecule has 0 saturated carbocycles. The lowest BCUT2D eigenvalue weighted by Gasteiger charge is -2.11. The van der Waals surface area contributed by atoms with Gasteiger partial charge in [0.05, 0.1) is 5.69 Å². The van der Waals surface area contributed by atoms with Crippen molar-refractivity contribution in [2.45, 2.75) is 6.61 Å². The third-order valence-corrected chi connectivity index (χ3v) is 3.47. The fraction of sp³-hybridized carbons (Fsp3) is 0.0588. The summed E-state index contributed by atoms with van der Waals surface area (Å²) < 4.78 is 5.80. The van der Waals surface area contributed by atoms with Crippen molar-refractivity contribution in [1.29, 1.82) is 0 Å². The first-order valence-electron chi connectivity index (χ1n) is 6.38. The topological polar surface area (TPSA) is 35.2 Å². The van der Waals surface area contributed by atoms with Crippen LogP contribution in [0.5, 0.6) is 5.75 Å². The number of halogens is 1. The van der Waals surface area contributed by atoms with E-state index in [9.17, 15) is 0 Å². The van der Waals surface area contributed by atoms with Crippen molar-refractivity contribution in [3.8, 4) is 5.75 Å². The van der Waals surface area contributed by atoms with Crippen LogP contribution in [0.4, 0.5) is 5.69 Å². The minimum Gasteiger partial charge on any atom is -0.487 e. The molecule has 2 N–H and O–H groups in total. The van der Waals surface area contributed by atoms with Crippen molar-refractivity contribution in [1.82, 2.24) is 0 Å². The molecule has 0 unspecified atom stereocenters. The monoisotopic (exact) mass is 283 g/mol. The largest absolute Gasteiger partial charge is 0.487 e. The predicted molar refractivity (Wildman–Crippen MR) is 84.1 cm³/mol. The van der Waals surface area contributed by atoms with Gasteiger partial charge in [-0.1, -0.05) is 54.1 Å². The van der Waals surface area contributed by atoms with Gasteiger partial charge >= 0.3 is 0 Å². The Morgan fingerprint density at radius 1 is 0.950 bits per heavy atom. The van der Waals surface area contributed by atoms with Gasteiger partial charge in [0, 0.05) is 5.02 Å². The van der Waals surface area contributed by atoms with Crippen LogP contribution in [0, 0.1) is 0 Å². The Labute approximate surface area is 122 Å². The molecule has 0 atom stereocenters. The van der Waals surface area contributed by atoms with Crippen LogP contribution in [0.3, 0.4) is 0 Å². The highest BCUT2D eigenvalue weighted by Crippen LogP contribution is 2.27. The number of nitrogen functional groups attached to an aromatic ring is 1. The number of nitrogens with two attached hydrogens (primary N) is 1. The highest BCUT2D eigenvalue weighted by Gasteiger charge is 2.04. The number of ether oxygens (including phenoxy) is 1. The molecule has 0 heterocycles. The first-order valence-corrected chi connectivity index (χ1v) is 6.76. The Morgan fingerprint density at radius 3 is 2.60 bits per heavy atom. The molecular formula is C17H14ClNO. The quantitative estimate of drug-likeness (QED) is 0.710. The van der Waals surface area contributed by atoms with Crippen LogP contribution in [0.25, 0.3) is 10.8 Å². The van der Waals surface area contributed by atoms with Gasteiger partial charge in [-0.05, 0) is 34.5 Å². The number of hydrogen-bond acceptors (Lipinski definition) is 2. The molecule has 0 radical (unpaired) electrons. The average molecular weight is 284 g/mol. The first-order chi connectivity index (χ1) is 9.74. The number of fused-ring (bicyclic) bond motifs is 1. The summed E-state index contributed by atoms with van der Waals surface area (Å²) in [6, 6.07) is 19.7. The van der Waals surface area contributed by atoms with Crippen LogP contribution in [0.1, 0.15) is 5.56 Å². The summed E-state index contributed by atoms with van der Waals surface area (Å²) in [5, 5.41) is 3.01. The Morgan fingerprint density at radius 2 is 1.75 bits per heavy atom. The molecule has 20 heavy (non-hydrogen) atoms. The lowest BCUT2D eigenvalue weighted by Crippen LogP contribution is -1.99. The van der Waals surface area contributed by atoms with Crippen molar-refractivity contribution in [3.05, 3.63) is 71.2 Å². The molecule has 3 aromatic rings. The van der Waals surface area contributed by atoms with Gasteiger partial charge in [0.25, 0.3) is 0 Å². The fourth-order valence-electron chi connectivity index (χ4n) is 2.22. The highest BCUT2D eigenvalue weighted by molar-refractivity contribution is 6.30. The molecule has 0 aliphatic heterocycles. The SMILES string of the molecule is Nc1cc(Cl)ccc1OCc1cccc2ccccc12. The summed E-state index contributed by atoms with van der Waals surface area (Å²) >= 11 is 5.88. The Balaban J connectivity index is 1.87. The first kappa shape index (κ1) is 12.8. The van der Waals surface area contributed by atoms with E-state index in [1.807, 2.05) is 18.2 Å². The smallest absolute Gasteiger partial charge is 0.142 e. The molecule has 0 bridgehead atoms. The lowest BCUT2D eigenvalue weighted by molar-refractivity contribution is 0.309. The Bertz CT molecular complexity index is 750. The molecule has 0 aliphatic rings. The van der Waals surface area contributed by atoms with Gasteiger partial charge in [0.15, 0.2) is 0 Å². The zero-order chi connectivity index (χ0) is 13.9. The molecule has 0 aromatic heterocycles. The summed E-state index contributed by atoms with van der Waals surface area (Å²) in [7, 11) is 0. The van der Waals surface area contributed by atoms with E-state index in [4.69, 9.17) is 22.1 Å². The highest BCUT2D eigenvalue weighted by atomic mass is 35.5. The molecule has 0 fully saturated rings. The van der Waals surface area contributed by atoms with Crippen molar-refractivity contribution >= 4 is 28.1 Å². The van der Waals surface area contributed by atoms with E-state index in [1.165, 1.54) is 10.8 Å². The van der Waals surface area contributed by atoms with Crippen LogP contribution in [0.15, 0.2) is 60.7 Å².